The first-order valence-corrected chi connectivity index (χ1v) is 5.47. The second-order valence-electron chi connectivity index (χ2n) is 4.10. The second-order valence-corrected chi connectivity index (χ2v) is 4.10. The third-order valence-corrected chi connectivity index (χ3v) is 2.88. The summed E-state index contributed by atoms with van der Waals surface area (Å²) in [5.41, 5.74) is 2.97. The maximum Gasteiger partial charge on any atom is 0.0923 e. The minimum absolute atomic E-state index is 0.0740. The first-order chi connectivity index (χ1) is 7.68. The molecule has 1 aromatic heterocycles. The molecule has 0 amide bonds. The number of rotatable bonds is 3. The SMILES string of the molecule is CC(O)C(C)c1cc(-c2ccccc2)n[nH]1. The van der Waals surface area contributed by atoms with E-state index in [0.717, 1.165) is 17.0 Å². The number of aromatic amines is 1. The molecule has 0 fully saturated rings. The molecular weight excluding hydrogens is 200 g/mol. The van der Waals surface area contributed by atoms with Gasteiger partial charge in [-0.1, -0.05) is 37.3 Å². The maximum atomic E-state index is 9.51. The molecule has 1 aromatic carbocycles. The highest BCUT2D eigenvalue weighted by Crippen LogP contribution is 2.22. The van der Waals surface area contributed by atoms with Gasteiger partial charge in [0, 0.05) is 17.2 Å². The third-order valence-electron chi connectivity index (χ3n) is 2.88. The Bertz CT molecular complexity index is 448. The van der Waals surface area contributed by atoms with E-state index in [1.165, 1.54) is 0 Å². The Morgan fingerprint density at radius 3 is 2.50 bits per heavy atom. The lowest BCUT2D eigenvalue weighted by atomic mass is 10.0. The lowest BCUT2D eigenvalue weighted by Gasteiger charge is -2.11. The number of aliphatic hydroxyl groups excluding tert-OH is 1. The van der Waals surface area contributed by atoms with Gasteiger partial charge in [0.2, 0.25) is 0 Å². The van der Waals surface area contributed by atoms with Gasteiger partial charge in [0.1, 0.15) is 0 Å². The number of nitrogens with one attached hydrogen (secondary N) is 1. The highest BCUT2D eigenvalue weighted by molar-refractivity contribution is 5.59. The largest absolute Gasteiger partial charge is 0.393 e. The Labute approximate surface area is 95.1 Å². The van der Waals surface area contributed by atoms with Crippen LogP contribution in [0.5, 0.6) is 0 Å². The van der Waals surface area contributed by atoms with Crippen LogP contribution >= 0.6 is 0 Å². The number of hydrogen-bond donors (Lipinski definition) is 2. The molecule has 16 heavy (non-hydrogen) atoms. The normalized spacial score (nSPS) is 14.7. The summed E-state index contributed by atoms with van der Waals surface area (Å²) in [6, 6.07) is 12.0. The Balaban J connectivity index is 2.27. The monoisotopic (exact) mass is 216 g/mol. The van der Waals surface area contributed by atoms with Gasteiger partial charge in [-0.15, -0.1) is 0 Å². The number of nitrogens with zero attached hydrogens (tertiary/aromatic N) is 1. The van der Waals surface area contributed by atoms with Crippen LogP contribution in [0, 0.1) is 0 Å². The van der Waals surface area contributed by atoms with Gasteiger partial charge in [0.25, 0.3) is 0 Å². The molecule has 2 aromatic rings. The van der Waals surface area contributed by atoms with E-state index in [4.69, 9.17) is 0 Å². The van der Waals surface area contributed by atoms with Crippen molar-refractivity contribution < 1.29 is 5.11 Å². The summed E-state index contributed by atoms with van der Waals surface area (Å²) in [5, 5.41) is 16.7. The van der Waals surface area contributed by atoms with Crippen LogP contribution in [0.2, 0.25) is 0 Å². The zero-order chi connectivity index (χ0) is 11.5. The molecule has 3 nitrogen and oxygen atoms in total. The second kappa shape index (κ2) is 4.49. The van der Waals surface area contributed by atoms with Gasteiger partial charge in [-0.05, 0) is 13.0 Å². The standard InChI is InChI=1S/C13H16N2O/c1-9(10(2)16)12-8-13(15-14-12)11-6-4-3-5-7-11/h3-10,16H,1-2H3,(H,14,15). The maximum absolute atomic E-state index is 9.51. The van der Waals surface area contributed by atoms with E-state index in [9.17, 15) is 5.11 Å². The van der Waals surface area contributed by atoms with Gasteiger partial charge in [0.15, 0.2) is 0 Å². The van der Waals surface area contributed by atoms with Crippen LogP contribution in [0.1, 0.15) is 25.5 Å². The Kier molecular flexibility index (Phi) is 3.06. The van der Waals surface area contributed by atoms with E-state index in [-0.39, 0.29) is 12.0 Å². The molecule has 0 radical (unpaired) electrons. The van der Waals surface area contributed by atoms with Crippen molar-refractivity contribution in [2.45, 2.75) is 25.9 Å². The summed E-state index contributed by atoms with van der Waals surface area (Å²) in [4.78, 5) is 0. The van der Waals surface area contributed by atoms with Gasteiger partial charge in [0.05, 0.1) is 11.8 Å². The molecule has 0 saturated heterocycles. The Morgan fingerprint density at radius 2 is 1.88 bits per heavy atom. The predicted octanol–water partition coefficient (Wildman–Crippen LogP) is 2.56. The zero-order valence-corrected chi connectivity index (χ0v) is 9.51. The van der Waals surface area contributed by atoms with Crippen LogP contribution in [-0.4, -0.2) is 21.4 Å². The summed E-state index contributed by atoms with van der Waals surface area (Å²) in [5.74, 6) is 0.0740. The van der Waals surface area contributed by atoms with Gasteiger partial charge in [-0.2, -0.15) is 5.10 Å². The molecule has 0 aliphatic rings. The smallest absolute Gasteiger partial charge is 0.0923 e. The minimum Gasteiger partial charge on any atom is -0.393 e. The van der Waals surface area contributed by atoms with Crippen molar-refractivity contribution in [2.75, 3.05) is 0 Å². The van der Waals surface area contributed by atoms with E-state index in [0.29, 0.717) is 0 Å². The molecule has 2 N–H and O–H groups in total. The fraction of sp³-hybridized carbons (Fsp3) is 0.308. The molecule has 0 saturated carbocycles. The lowest BCUT2D eigenvalue weighted by molar-refractivity contribution is 0.167. The predicted molar refractivity (Wildman–Crippen MR) is 64.1 cm³/mol. The molecule has 0 bridgehead atoms. The van der Waals surface area contributed by atoms with Gasteiger partial charge in [-0.3, -0.25) is 5.10 Å². The molecule has 0 aliphatic carbocycles. The Morgan fingerprint density at radius 1 is 1.19 bits per heavy atom. The molecule has 2 atom stereocenters. The molecule has 2 rings (SSSR count). The first kappa shape index (κ1) is 10.9. The highest BCUT2D eigenvalue weighted by Gasteiger charge is 2.14. The summed E-state index contributed by atoms with van der Waals surface area (Å²) in [6.45, 7) is 3.76. The number of aliphatic hydroxyl groups is 1. The quantitative estimate of drug-likeness (QED) is 0.828. The van der Waals surface area contributed by atoms with Crippen molar-refractivity contribution in [3.63, 3.8) is 0 Å². The van der Waals surface area contributed by atoms with Crippen molar-refractivity contribution in [1.82, 2.24) is 10.2 Å². The van der Waals surface area contributed by atoms with E-state index >= 15 is 0 Å². The van der Waals surface area contributed by atoms with Crippen molar-refractivity contribution in [3.05, 3.63) is 42.1 Å². The van der Waals surface area contributed by atoms with Gasteiger partial charge < -0.3 is 5.11 Å². The number of benzene rings is 1. The molecule has 2 unspecified atom stereocenters. The highest BCUT2D eigenvalue weighted by atomic mass is 16.3. The summed E-state index contributed by atoms with van der Waals surface area (Å²) in [6.07, 6.45) is -0.371. The number of aromatic nitrogens is 2. The molecule has 0 aliphatic heterocycles. The van der Waals surface area contributed by atoms with Crippen LogP contribution in [0.3, 0.4) is 0 Å². The van der Waals surface area contributed by atoms with Crippen LogP contribution in [0.4, 0.5) is 0 Å². The summed E-state index contributed by atoms with van der Waals surface area (Å²) >= 11 is 0. The average Bonchev–Trinajstić information content (AvgIpc) is 2.78. The van der Waals surface area contributed by atoms with Crippen molar-refractivity contribution in [1.29, 1.82) is 0 Å². The molecule has 1 heterocycles. The van der Waals surface area contributed by atoms with Crippen LogP contribution in [-0.2, 0) is 0 Å². The lowest BCUT2D eigenvalue weighted by Crippen LogP contribution is -2.11. The number of H-pyrrole nitrogens is 1. The van der Waals surface area contributed by atoms with Gasteiger partial charge >= 0.3 is 0 Å². The topological polar surface area (TPSA) is 48.9 Å². The minimum atomic E-state index is -0.371. The van der Waals surface area contributed by atoms with Crippen molar-refractivity contribution in [3.8, 4) is 11.3 Å². The van der Waals surface area contributed by atoms with Crippen LogP contribution in [0.15, 0.2) is 36.4 Å². The average molecular weight is 216 g/mol. The fourth-order valence-electron chi connectivity index (χ4n) is 1.59. The van der Waals surface area contributed by atoms with Crippen molar-refractivity contribution >= 4 is 0 Å². The third kappa shape index (κ3) is 2.14. The van der Waals surface area contributed by atoms with E-state index in [1.807, 2.05) is 43.3 Å². The first-order valence-electron chi connectivity index (χ1n) is 5.47. The molecule has 3 heteroatoms. The molecular formula is C13H16N2O. The van der Waals surface area contributed by atoms with Crippen molar-refractivity contribution in [2.24, 2.45) is 0 Å². The molecule has 84 valence electrons. The van der Waals surface area contributed by atoms with E-state index < -0.39 is 0 Å². The van der Waals surface area contributed by atoms with Gasteiger partial charge in [-0.25, -0.2) is 0 Å². The molecule has 0 spiro atoms. The summed E-state index contributed by atoms with van der Waals surface area (Å²) < 4.78 is 0. The van der Waals surface area contributed by atoms with Crippen LogP contribution in [0.25, 0.3) is 11.3 Å². The zero-order valence-electron chi connectivity index (χ0n) is 9.51. The van der Waals surface area contributed by atoms with E-state index in [1.54, 1.807) is 6.92 Å². The fourth-order valence-corrected chi connectivity index (χ4v) is 1.59. The van der Waals surface area contributed by atoms with Crippen LogP contribution < -0.4 is 0 Å². The Hall–Kier alpha value is -1.61. The van der Waals surface area contributed by atoms with E-state index in [2.05, 4.69) is 10.2 Å². The number of hydrogen-bond acceptors (Lipinski definition) is 2. The summed E-state index contributed by atoms with van der Waals surface area (Å²) in [7, 11) is 0.